The second-order valence-corrected chi connectivity index (χ2v) is 11.0. The molecule has 0 spiro atoms. The van der Waals surface area contributed by atoms with Crippen molar-refractivity contribution >= 4 is 36.4 Å². The van der Waals surface area contributed by atoms with Crippen LogP contribution in [0.25, 0.3) is 11.1 Å². The third-order valence-corrected chi connectivity index (χ3v) is 7.86. The zero-order valence-corrected chi connectivity index (χ0v) is 22.6. The molecular formula is C27H24F6N3O4P. The van der Waals surface area contributed by atoms with Crippen LogP contribution >= 0.6 is 7.80 Å². The predicted molar refractivity (Wildman–Crippen MR) is 141 cm³/mol. The summed E-state index contributed by atoms with van der Waals surface area (Å²) in [6, 6.07) is 6.08. The monoisotopic (exact) mass is 599 g/mol. The molecule has 3 amide bonds. The predicted octanol–water partition coefficient (Wildman–Crippen LogP) is 5.58. The molecule has 3 aromatic carbocycles. The van der Waals surface area contributed by atoms with Crippen molar-refractivity contribution in [3.63, 3.8) is 0 Å². The summed E-state index contributed by atoms with van der Waals surface area (Å²) in [5, 5.41) is 14.5. The number of halogens is 6. The van der Waals surface area contributed by atoms with Crippen LogP contribution in [0.3, 0.4) is 0 Å². The topological polar surface area (TPSA) is 98.7 Å². The van der Waals surface area contributed by atoms with Crippen LogP contribution in [0, 0.1) is 17.5 Å². The number of amides is 3. The molecule has 0 radical (unpaired) electrons. The number of aliphatic hydroxyl groups is 1. The second kappa shape index (κ2) is 11.6. The van der Waals surface area contributed by atoms with Gasteiger partial charge in [-0.2, -0.15) is 13.2 Å². The molecule has 7 nitrogen and oxygen atoms in total. The molecule has 1 heterocycles. The van der Waals surface area contributed by atoms with Crippen molar-refractivity contribution in [2.75, 3.05) is 23.4 Å². The number of nitrogens with zero attached hydrogens (tertiary/aromatic N) is 1. The van der Waals surface area contributed by atoms with Crippen molar-refractivity contribution in [2.45, 2.75) is 31.7 Å². The molecule has 3 N–H and O–H groups in total. The van der Waals surface area contributed by atoms with E-state index in [0.717, 1.165) is 17.0 Å². The zero-order valence-electron chi connectivity index (χ0n) is 21.6. The van der Waals surface area contributed by atoms with E-state index in [1.807, 2.05) is 5.32 Å². The van der Waals surface area contributed by atoms with Crippen LogP contribution in [-0.4, -0.2) is 36.3 Å². The maximum Gasteiger partial charge on any atom is 0.416 e. The van der Waals surface area contributed by atoms with E-state index in [0.29, 0.717) is 11.6 Å². The molecule has 0 aromatic heterocycles. The van der Waals surface area contributed by atoms with Crippen LogP contribution < -0.4 is 20.8 Å². The first-order chi connectivity index (χ1) is 19.2. The van der Waals surface area contributed by atoms with Crippen LogP contribution in [0.15, 0.2) is 48.5 Å². The van der Waals surface area contributed by atoms with Crippen LogP contribution in [0.5, 0.6) is 0 Å². The molecule has 1 fully saturated rings. The Hall–Kier alpha value is -3.83. The number of benzene rings is 3. The van der Waals surface area contributed by atoms with Gasteiger partial charge in [-0.15, -0.1) is 0 Å². The maximum absolute atomic E-state index is 15.3. The molecule has 4 rings (SSSR count). The number of carbonyl (C=O) groups excluding carboxylic acids is 2. The molecule has 3 aromatic rings. The average molecular weight is 599 g/mol. The first-order valence-corrected chi connectivity index (χ1v) is 14.2. The van der Waals surface area contributed by atoms with Gasteiger partial charge in [0, 0.05) is 17.4 Å². The van der Waals surface area contributed by atoms with E-state index >= 15 is 8.78 Å². The van der Waals surface area contributed by atoms with E-state index in [9.17, 15) is 36.8 Å². The van der Waals surface area contributed by atoms with E-state index in [-0.39, 0.29) is 35.5 Å². The van der Waals surface area contributed by atoms with Crippen molar-refractivity contribution in [3.8, 4) is 11.1 Å². The van der Waals surface area contributed by atoms with Crippen molar-refractivity contribution in [1.29, 1.82) is 0 Å². The van der Waals surface area contributed by atoms with Crippen molar-refractivity contribution < 1.29 is 45.6 Å². The van der Waals surface area contributed by atoms with Gasteiger partial charge in [0.1, 0.15) is 19.7 Å². The summed E-state index contributed by atoms with van der Waals surface area (Å²) in [7, 11) is -2.46. The highest BCUT2D eigenvalue weighted by Crippen LogP contribution is 2.36. The molecule has 1 saturated heterocycles. The van der Waals surface area contributed by atoms with Gasteiger partial charge in [0.2, 0.25) is 5.91 Å². The molecule has 1 aliphatic heterocycles. The van der Waals surface area contributed by atoms with Gasteiger partial charge in [-0.05, 0) is 61.5 Å². The largest absolute Gasteiger partial charge is 0.416 e. The second-order valence-electron chi connectivity index (χ2n) is 9.38. The molecular weight excluding hydrogens is 575 g/mol. The summed E-state index contributed by atoms with van der Waals surface area (Å²) < 4.78 is 95.4. The van der Waals surface area contributed by atoms with Gasteiger partial charge in [0.05, 0.1) is 23.0 Å². The lowest BCUT2D eigenvalue weighted by molar-refractivity contribution is -0.137. The normalized spacial score (nSPS) is 17.0. The number of aliphatic hydroxyl groups excluding tert-OH is 1. The fourth-order valence-electron chi connectivity index (χ4n) is 4.65. The first-order valence-electron chi connectivity index (χ1n) is 12.3. The van der Waals surface area contributed by atoms with Crippen LogP contribution in [0.1, 0.15) is 30.6 Å². The lowest BCUT2D eigenvalue weighted by Crippen LogP contribution is -2.43. The minimum atomic E-state index is -4.78. The summed E-state index contributed by atoms with van der Waals surface area (Å²) in [4.78, 5) is 26.2. The van der Waals surface area contributed by atoms with Crippen molar-refractivity contribution in [1.82, 2.24) is 5.32 Å². The third-order valence-electron chi connectivity index (χ3n) is 6.60. The molecule has 218 valence electrons. The molecule has 0 saturated carbocycles. The average Bonchev–Trinajstić information content (AvgIpc) is 3.24. The Morgan fingerprint density at radius 2 is 1.78 bits per heavy atom. The van der Waals surface area contributed by atoms with Gasteiger partial charge in [-0.25, -0.2) is 18.0 Å². The van der Waals surface area contributed by atoms with Crippen LogP contribution in [0.2, 0.25) is 0 Å². The van der Waals surface area contributed by atoms with Crippen LogP contribution in [-0.2, 0) is 15.5 Å². The number of hydrogen-bond acceptors (Lipinski definition) is 4. The van der Waals surface area contributed by atoms with Gasteiger partial charge < -0.3 is 25.2 Å². The minimum Gasteiger partial charge on any atom is -0.389 e. The van der Waals surface area contributed by atoms with Gasteiger partial charge in [-0.3, -0.25) is 4.79 Å². The van der Waals surface area contributed by atoms with Gasteiger partial charge in [0.15, 0.2) is 11.6 Å². The number of nitrogens with one attached hydrogen (secondary N) is 2. The Morgan fingerprint density at radius 1 is 1.07 bits per heavy atom. The molecule has 2 unspecified atom stereocenters. The summed E-state index contributed by atoms with van der Waals surface area (Å²) in [5.41, 5.74) is -1.99. The van der Waals surface area contributed by atoms with E-state index in [2.05, 4.69) is 5.32 Å². The highest BCUT2D eigenvalue weighted by molar-refractivity contribution is 7.53. The Balaban J connectivity index is 1.53. The highest BCUT2D eigenvalue weighted by Gasteiger charge is 2.36. The third kappa shape index (κ3) is 6.11. The summed E-state index contributed by atoms with van der Waals surface area (Å²) in [6.45, 7) is 2.76. The Kier molecular flexibility index (Phi) is 8.51. The molecule has 14 heteroatoms. The van der Waals surface area contributed by atoms with Crippen molar-refractivity contribution in [2.24, 2.45) is 0 Å². The van der Waals surface area contributed by atoms with Gasteiger partial charge >= 0.3 is 12.2 Å². The fourth-order valence-corrected chi connectivity index (χ4v) is 5.95. The van der Waals surface area contributed by atoms with Crippen molar-refractivity contribution in [3.05, 3.63) is 77.1 Å². The Labute approximate surface area is 230 Å². The number of carbonyl (C=O) groups is 2. The lowest BCUT2D eigenvalue weighted by atomic mass is 9.99. The van der Waals surface area contributed by atoms with Crippen LogP contribution in [0.4, 0.5) is 42.5 Å². The summed E-state index contributed by atoms with van der Waals surface area (Å²) in [6.07, 6.45) is -5.82. The first kappa shape index (κ1) is 30.1. The number of urea groups is 1. The lowest BCUT2D eigenvalue weighted by Gasteiger charge is -2.20. The standard InChI is InChI=1S/C27H24F6N3O4P/c1-13(37)15-4-3-5-17(24(15)41(2)40)16-7-9-21(23(30)22(16)29)36-11-10-20(25(36)38)35-26(39)34-19-8-6-14(12-18(19)28)27(31,32)33/h3-9,12-13,20,37,41H,10-11H2,1-2H3,(H2,34,35,39)/t13?,20-/m1/s1. The van der Waals surface area contributed by atoms with E-state index < -0.39 is 72.5 Å². The Morgan fingerprint density at radius 3 is 2.39 bits per heavy atom. The summed E-state index contributed by atoms with van der Waals surface area (Å²) >= 11 is 0. The van der Waals surface area contributed by atoms with E-state index in [1.54, 1.807) is 0 Å². The highest BCUT2D eigenvalue weighted by atomic mass is 31.1. The number of anilines is 2. The number of hydrogen-bond donors (Lipinski definition) is 3. The molecule has 3 atom stereocenters. The molecule has 41 heavy (non-hydrogen) atoms. The summed E-state index contributed by atoms with van der Waals surface area (Å²) in [5.74, 6) is -4.82. The molecule has 1 aliphatic rings. The smallest absolute Gasteiger partial charge is 0.389 e. The molecule has 0 bridgehead atoms. The van der Waals surface area contributed by atoms with E-state index in [1.165, 1.54) is 37.9 Å². The molecule has 0 aliphatic carbocycles. The Bertz CT molecular complexity index is 1550. The number of alkyl halides is 3. The zero-order chi connectivity index (χ0) is 30.2. The minimum absolute atomic E-state index is 0.0249. The SMILES string of the molecule is CC(O)c1cccc(-c2ccc(N3CC[C@@H](NC(=O)Nc4ccc(C(F)(F)F)cc4F)C3=O)c(F)c2F)c1[PH](C)=O. The van der Waals surface area contributed by atoms with E-state index in [4.69, 9.17) is 0 Å². The number of rotatable bonds is 6. The quantitative estimate of drug-likeness (QED) is 0.255. The maximum atomic E-state index is 15.3. The van der Waals surface area contributed by atoms with Gasteiger partial charge in [-0.1, -0.05) is 18.2 Å². The fraction of sp³-hybridized carbons (Fsp3) is 0.259. The van der Waals surface area contributed by atoms with Gasteiger partial charge in [0.25, 0.3) is 0 Å².